The predicted molar refractivity (Wildman–Crippen MR) is 122 cm³/mol. The van der Waals surface area contributed by atoms with Crippen LogP contribution >= 0.6 is 0 Å². The Kier molecular flexibility index (Phi) is 7.73. The van der Waals surface area contributed by atoms with Gasteiger partial charge in [0, 0.05) is 13.0 Å². The Morgan fingerprint density at radius 2 is 1.39 bits per heavy atom. The molecule has 0 unspecified atom stereocenters. The van der Waals surface area contributed by atoms with Gasteiger partial charge in [-0.3, -0.25) is 10.1 Å². The summed E-state index contributed by atoms with van der Waals surface area (Å²) in [7, 11) is 0. The lowest BCUT2D eigenvalue weighted by atomic mass is 9.93. The molecule has 0 bridgehead atoms. The molecule has 0 fully saturated rings. The van der Waals surface area contributed by atoms with Crippen molar-refractivity contribution in [2.24, 2.45) is 5.73 Å². The van der Waals surface area contributed by atoms with Gasteiger partial charge in [-0.2, -0.15) is 0 Å². The number of primary amides is 1. The van der Waals surface area contributed by atoms with E-state index in [4.69, 9.17) is 10.5 Å². The number of hydrogen-bond acceptors (Lipinski definition) is 4. The van der Waals surface area contributed by atoms with Gasteiger partial charge in [-0.25, -0.2) is 4.79 Å². The van der Waals surface area contributed by atoms with Crippen LogP contribution in [0.1, 0.15) is 23.1 Å². The maximum Gasteiger partial charge on any atom is 0.336 e. The number of amides is 1. The Balaban J connectivity index is 1.80. The lowest BCUT2D eigenvalue weighted by Gasteiger charge is -2.28. The highest BCUT2D eigenvalue weighted by Crippen LogP contribution is 2.18. The zero-order valence-electron chi connectivity index (χ0n) is 17.2. The molecule has 0 aliphatic rings. The van der Waals surface area contributed by atoms with Gasteiger partial charge in [0.2, 0.25) is 5.91 Å². The first-order chi connectivity index (χ1) is 15.1. The van der Waals surface area contributed by atoms with E-state index in [0.29, 0.717) is 6.54 Å². The molecular weight excluding hydrogens is 388 g/mol. The Labute approximate surface area is 182 Å². The number of esters is 1. The van der Waals surface area contributed by atoms with E-state index < -0.39 is 17.4 Å². The molecule has 0 radical (unpaired) electrons. The fourth-order valence-corrected chi connectivity index (χ4v) is 3.15. The molecule has 0 aliphatic carbocycles. The number of nitrogens with two attached hydrogens (primary N) is 1. The normalized spacial score (nSPS) is 12.9. The summed E-state index contributed by atoms with van der Waals surface area (Å²) in [5, 5.41) is 3.07. The second kappa shape index (κ2) is 10.9. The zero-order chi connectivity index (χ0) is 21.9. The highest BCUT2D eigenvalue weighted by molar-refractivity contribution is 6.07. The van der Waals surface area contributed by atoms with E-state index in [0.717, 1.165) is 16.7 Å². The van der Waals surface area contributed by atoms with E-state index in [-0.39, 0.29) is 13.0 Å². The van der Waals surface area contributed by atoms with Crippen molar-refractivity contribution in [1.82, 2.24) is 5.32 Å². The highest BCUT2D eigenvalue weighted by atomic mass is 16.5. The standard InChI is InChI=1S/C26H26N2O3/c27-24(29)26(28-19-22-13-6-2-7-14-22,18-10-17-21-11-4-1-5-12-21)25(30)31-20-23-15-8-3-9-16-23/h1-17,28H,18-20H2,(H2,27,29)/b17-10+/t26-/m1/s1. The Morgan fingerprint density at radius 1 is 0.839 bits per heavy atom. The summed E-state index contributed by atoms with van der Waals surface area (Å²) < 4.78 is 5.51. The minimum absolute atomic E-state index is 0.0596. The monoisotopic (exact) mass is 414 g/mol. The first-order valence-electron chi connectivity index (χ1n) is 10.1. The summed E-state index contributed by atoms with van der Waals surface area (Å²) in [5.41, 5.74) is 6.78. The molecule has 158 valence electrons. The van der Waals surface area contributed by atoms with Gasteiger partial charge in [-0.05, 0) is 16.7 Å². The number of carbonyl (C=O) groups excluding carboxylic acids is 2. The summed E-state index contributed by atoms with van der Waals surface area (Å²) in [4.78, 5) is 25.7. The average molecular weight is 415 g/mol. The predicted octanol–water partition coefficient (Wildman–Crippen LogP) is 3.85. The van der Waals surface area contributed by atoms with Crippen LogP contribution in [-0.4, -0.2) is 17.4 Å². The number of rotatable bonds is 10. The van der Waals surface area contributed by atoms with E-state index in [1.54, 1.807) is 6.08 Å². The van der Waals surface area contributed by atoms with Crippen LogP contribution in [0.5, 0.6) is 0 Å². The third-order valence-electron chi connectivity index (χ3n) is 4.95. The van der Waals surface area contributed by atoms with Crippen molar-refractivity contribution in [1.29, 1.82) is 0 Å². The van der Waals surface area contributed by atoms with Crippen molar-refractivity contribution < 1.29 is 14.3 Å². The second-order valence-electron chi connectivity index (χ2n) is 7.19. The molecule has 3 aromatic rings. The molecule has 0 spiro atoms. The van der Waals surface area contributed by atoms with Crippen molar-refractivity contribution in [3.05, 3.63) is 114 Å². The van der Waals surface area contributed by atoms with Crippen LogP contribution in [0.25, 0.3) is 6.08 Å². The topological polar surface area (TPSA) is 81.4 Å². The largest absolute Gasteiger partial charge is 0.459 e. The lowest BCUT2D eigenvalue weighted by molar-refractivity contribution is -0.156. The molecule has 5 nitrogen and oxygen atoms in total. The van der Waals surface area contributed by atoms with Crippen molar-refractivity contribution in [2.45, 2.75) is 25.1 Å². The van der Waals surface area contributed by atoms with Crippen molar-refractivity contribution in [3.63, 3.8) is 0 Å². The molecular formula is C26H26N2O3. The molecule has 31 heavy (non-hydrogen) atoms. The summed E-state index contributed by atoms with van der Waals surface area (Å²) >= 11 is 0. The van der Waals surface area contributed by atoms with Crippen molar-refractivity contribution >= 4 is 18.0 Å². The van der Waals surface area contributed by atoms with E-state index in [1.165, 1.54) is 0 Å². The fraction of sp³-hybridized carbons (Fsp3) is 0.154. The van der Waals surface area contributed by atoms with Crippen molar-refractivity contribution in [2.75, 3.05) is 0 Å². The number of hydrogen-bond donors (Lipinski definition) is 2. The maximum absolute atomic E-state index is 13.1. The third kappa shape index (κ3) is 6.14. The van der Waals surface area contributed by atoms with Gasteiger partial charge in [0.05, 0.1) is 0 Å². The third-order valence-corrected chi connectivity index (χ3v) is 4.95. The van der Waals surface area contributed by atoms with Crippen LogP contribution in [0, 0.1) is 0 Å². The molecule has 3 N–H and O–H groups in total. The van der Waals surface area contributed by atoms with Crippen LogP contribution in [-0.2, 0) is 27.5 Å². The first-order valence-corrected chi connectivity index (χ1v) is 10.1. The number of nitrogens with one attached hydrogen (secondary N) is 1. The van der Waals surface area contributed by atoms with Crippen LogP contribution in [0.15, 0.2) is 97.1 Å². The highest BCUT2D eigenvalue weighted by Gasteiger charge is 2.45. The van der Waals surface area contributed by atoms with Gasteiger partial charge in [-0.1, -0.05) is 103 Å². The summed E-state index contributed by atoms with van der Waals surface area (Å²) in [6.45, 7) is 0.355. The smallest absolute Gasteiger partial charge is 0.336 e. The van der Waals surface area contributed by atoms with E-state index in [1.807, 2.05) is 97.1 Å². The molecule has 0 saturated heterocycles. The summed E-state index contributed by atoms with van der Waals surface area (Å²) in [6.07, 6.45) is 3.69. The van der Waals surface area contributed by atoms with Crippen LogP contribution in [0.4, 0.5) is 0 Å². The molecule has 1 atom stereocenters. The Hall–Kier alpha value is -3.70. The quantitative estimate of drug-likeness (QED) is 0.390. The fourth-order valence-electron chi connectivity index (χ4n) is 3.15. The molecule has 0 saturated carbocycles. The first kappa shape index (κ1) is 22.0. The number of benzene rings is 3. The minimum atomic E-state index is -1.68. The summed E-state index contributed by atoms with van der Waals surface area (Å²) in [6, 6.07) is 28.5. The van der Waals surface area contributed by atoms with Crippen LogP contribution < -0.4 is 11.1 Å². The van der Waals surface area contributed by atoms with E-state index >= 15 is 0 Å². The Bertz CT molecular complexity index is 1000. The number of ether oxygens (including phenoxy) is 1. The SMILES string of the molecule is NC(=O)[C@@](C/C=C/c1ccccc1)(NCc1ccccc1)C(=O)OCc1ccccc1. The molecule has 0 aromatic heterocycles. The molecule has 5 heteroatoms. The van der Waals surface area contributed by atoms with E-state index in [2.05, 4.69) is 5.32 Å². The molecule has 3 rings (SSSR count). The average Bonchev–Trinajstić information content (AvgIpc) is 2.81. The van der Waals surface area contributed by atoms with Gasteiger partial charge in [0.25, 0.3) is 0 Å². The second-order valence-corrected chi connectivity index (χ2v) is 7.19. The zero-order valence-corrected chi connectivity index (χ0v) is 17.2. The lowest BCUT2D eigenvalue weighted by Crippen LogP contribution is -2.61. The van der Waals surface area contributed by atoms with E-state index in [9.17, 15) is 9.59 Å². The van der Waals surface area contributed by atoms with Gasteiger partial charge >= 0.3 is 5.97 Å². The summed E-state index contributed by atoms with van der Waals surface area (Å²) in [5.74, 6) is -1.48. The van der Waals surface area contributed by atoms with Gasteiger partial charge in [0.15, 0.2) is 5.54 Å². The van der Waals surface area contributed by atoms with Crippen molar-refractivity contribution in [3.8, 4) is 0 Å². The Morgan fingerprint density at radius 3 is 1.97 bits per heavy atom. The number of carbonyl (C=O) groups is 2. The van der Waals surface area contributed by atoms with Crippen LogP contribution in [0.3, 0.4) is 0 Å². The van der Waals surface area contributed by atoms with Gasteiger partial charge in [0.1, 0.15) is 6.61 Å². The minimum Gasteiger partial charge on any atom is -0.459 e. The molecule has 0 aliphatic heterocycles. The van der Waals surface area contributed by atoms with Gasteiger partial charge < -0.3 is 10.5 Å². The van der Waals surface area contributed by atoms with Gasteiger partial charge in [-0.15, -0.1) is 0 Å². The molecule has 0 heterocycles. The molecule has 1 amide bonds. The molecule has 3 aromatic carbocycles. The van der Waals surface area contributed by atoms with Crippen LogP contribution in [0.2, 0.25) is 0 Å². The maximum atomic E-state index is 13.1.